The Morgan fingerprint density at radius 1 is 0.714 bits per heavy atom. The van der Waals surface area contributed by atoms with Gasteiger partial charge in [-0.15, -0.1) is 0 Å². The van der Waals surface area contributed by atoms with Crippen molar-refractivity contribution in [2.45, 2.75) is 5.92 Å². The molecule has 0 radical (unpaired) electrons. The van der Waals surface area contributed by atoms with Crippen molar-refractivity contribution in [2.24, 2.45) is 0 Å². The number of hydrogen-bond acceptors (Lipinski definition) is 1. The highest BCUT2D eigenvalue weighted by Crippen LogP contribution is 2.48. The summed E-state index contributed by atoms with van der Waals surface area (Å²) in [7, 11) is 1.72. The van der Waals surface area contributed by atoms with Gasteiger partial charge in [-0.1, -0.05) is 60.7 Å². The van der Waals surface area contributed by atoms with Gasteiger partial charge < -0.3 is 4.74 Å². The van der Waals surface area contributed by atoms with Crippen LogP contribution in [0.25, 0.3) is 11.1 Å². The Morgan fingerprint density at radius 3 is 2.24 bits per heavy atom. The Morgan fingerprint density at radius 2 is 1.43 bits per heavy atom. The number of fused-ring (bicyclic) bond motifs is 3. The van der Waals surface area contributed by atoms with Crippen molar-refractivity contribution in [1.29, 1.82) is 0 Å². The molecule has 0 aliphatic heterocycles. The monoisotopic (exact) mass is 272 g/mol. The highest BCUT2D eigenvalue weighted by Gasteiger charge is 2.29. The minimum absolute atomic E-state index is 0.299. The number of ether oxygens (including phenoxy) is 1. The van der Waals surface area contributed by atoms with Crippen LogP contribution < -0.4 is 4.74 Å². The smallest absolute Gasteiger partial charge is 0.119 e. The Balaban J connectivity index is 1.99. The van der Waals surface area contributed by atoms with E-state index in [1.165, 1.54) is 27.8 Å². The molecule has 0 aromatic heterocycles. The summed E-state index contributed by atoms with van der Waals surface area (Å²) in [4.78, 5) is 0. The van der Waals surface area contributed by atoms with Crippen LogP contribution in [0.4, 0.5) is 0 Å². The van der Waals surface area contributed by atoms with Crippen LogP contribution >= 0.6 is 0 Å². The second kappa shape index (κ2) is 4.78. The molecular formula is C20H16O. The summed E-state index contributed by atoms with van der Waals surface area (Å²) in [5.74, 6) is 1.22. The van der Waals surface area contributed by atoms with Crippen molar-refractivity contribution >= 4 is 0 Å². The maximum absolute atomic E-state index is 5.42. The summed E-state index contributed by atoms with van der Waals surface area (Å²) in [6.07, 6.45) is 0. The van der Waals surface area contributed by atoms with Crippen LogP contribution in [0.15, 0.2) is 72.8 Å². The fourth-order valence-electron chi connectivity index (χ4n) is 3.32. The van der Waals surface area contributed by atoms with E-state index in [2.05, 4.69) is 66.7 Å². The van der Waals surface area contributed by atoms with E-state index in [0.29, 0.717) is 5.92 Å². The van der Waals surface area contributed by atoms with Gasteiger partial charge in [-0.2, -0.15) is 0 Å². The van der Waals surface area contributed by atoms with E-state index in [9.17, 15) is 0 Å². The summed E-state index contributed by atoms with van der Waals surface area (Å²) < 4.78 is 5.42. The van der Waals surface area contributed by atoms with E-state index < -0.39 is 0 Å². The van der Waals surface area contributed by atoms with Crippen LogP contribution in [-0.4, -0.2) is 7.11 Å². The molecule has 1 atom stereocenters. The Labute approximate surface area is 124 Å². The van der Waals surface area contributed by atoms with Gasteiger partial charge in [-0.3, -0.25) is 0 Å². The molecule has 102 valence electrons. The molecule has 21 heavy (non-hydrogen) atoms. The van der Waals surface area contributed by atoms with E-state index in [1.807, 2.05) is 6.07 Å². The van der Waals surface area contributed by atoms with Gasteiger partial charge in [-0.25, -0.2) is 0 Å². The highest BCUT2D eigenvalue weighted by molar-refractivity contribution is 5.81. The average molecular weight is 272 g/mol. The molecule has 0 saturated heterocycles. The lowest BCUT2D eigenvalue weighted by atomic mass is 9.89. The molecule has 3 aromatic carbocycles. The normalized spacial score (nSPS) is 15.4. The van der Waals surface area contributed by atoms with Gasteiger partial charge in [0.05, 0.1) is 7.11 Å². The van der Waals surface area contributed by atoms with Crippen LogP contribution in [0.3, 0.4) is 0 Å². The molecule has 1 heteroatoms. The first kappa shape index (κ1) is 12.2. The third-order valence-electron chi connectivity index (χ3n) is 4.26. The van der Waals surface area contributed by atoms with E-state index >= 15 is 0 Å². The summed E-state index contributed by atoms with van der Waals surface area (Å²) in [5.41, 5.74) is 6.70. The standard InChI is InChI=1S/C20H16O/c1-21-15-11-12-17-16-9-5-6-10-18(16)20(19(17)13-15)14-7-3-2-4-8-14/h2-13,20H,1H3. The van der Waals surface area contributed by atoms with Crippen molar-refractivity contribution in [3.8, 4) is 16.9 Å². The molecule has 0 bridgehead atoms. The first-order valence-corrected chi connectivity index (χ1v) is 7.20. The first-order valence-electron chi connectivity index (χ1n) is 7.20. The van der Waals surface area contributed by atoms with E-state index in [-0.39, 0.29) is 0 Å². The Kier molecular flexibility index (Phi) is 2.78. The van der Waals surface area contributed by atoms with Crippen LogP contribution in [0.2, 0.25) is 0 Å². The number of methoxy groups -OCH3 is 1. The molecule has 1 aliphatic rings. The van der Waals surface area contributed by atoms with Crippen LogP contribution in [-0.2, 0) is 0 Å². The summed E-state index contributed by atoms with van der Waals surface area (Å²) >= 11 is 0. The van der Waals surface area contributed by atoms with Gasteiger partial charge in [0, 0.05) is 5.92 Å². The minimum atomic E-state index is 0.299. The third kappa shape index (κ3) is 1.85. The van der Waals surface area contributed by atoms with Crippen LogP contribution in [0.1, 0.15) is 22.6 Å². The SMILES string of the molecule is COc1ccc2c(c1)C(c1ccccc1)c1ccccc1-2. The number of rotatable bonds is 2. The second-order valence-corrected chi connectivity index (χ2v) is 5.38. The zero-order valence-corrected chi connectivity index (χ0v) is 11.9. The van der Waals surface area contributed by atoms with Gasteiger partial charge in [0.1, 0.15) is 5.75 Å². The topological polar surface area (TPSA) is 9.23 Å². The lowest BCUT2D eigenvalue weighted by Crippen LogP contribution is -1.99. The van der Waals surface area contributed by atoms with E-state index in [4.69, 9.17) is 4.74 Å². The molecule has 3 aromatic rings. The largest absolute Gasteiger partial charge is 0.497 e. The maximum Gasteiger partial charge on any atom is 0.119 e. The molecule has 0 fully saturated rings. The van der Waals surface area contributed by atoms with E-state index in [1.54, 1.807) is 7.11 Å². The molecule has 0 heterocycles. The zero-order valence-electron chi connectivity index (χ0n) is 11.9. The second-order valence-electron chi connectivity index (χ2n) is 5.38. The fraction of sp³-hybridized carbons (Fsp3) is 0.100. The summed E-state index contributed by atoms with van der Waals surface area (Å²) in [6.45, 7) is 0. The lowest BCUT2D eigenvalue weighted by Gasteiger charge is -2.14. The maximum atomic E-state index is 5.42. The number of hydrogen-bond donors (Lipinski definition) is 0. The predicted molar refractivity (Wildman–Crippen MR) is 85.8 cm³/mol. The van der Waals surface area contributed by atoms with E-state index in [0.717, 1.165) is 5.75 Å². The number of benzene rings is 3. The van der Waals surface area contributed by atoms with Crippen LogP contribution in [0, 0.1) is 0 Å². The molecule has 4 rings (SSSR count). The molecule has 0 spiro atoms. The molecule has 1 nitrogen and oxygen atoms in total. The first-order chi connectivity index (χ1) is 10.4. The molecule has 1 aliphatic carbocycles. The fourth-order valence-corrected chi connectivity index (χ4v) is 3.32. The summed E-state index contributed by atoms with van der Waals surface area (Å²) in [6, 6.07) is 25.8. The molecule has 1 unspecified atom stereocenters. The zero-order chi connectivity index (χ0) is 14.2. The Hall–Kier alpha value is -2.54. The Bertz CT molecular complexity index is 790. The van der Waals surface area contributed by atoms with Crippen molar-refractivity contribution in [3.63, 3.8) is 0 Å². The molecule has 0 saturated carbocycles. The van der Waals surface area contributed by atoms with Gasteiger partial charge in [0.25, 0.3) is 0 Å². The van der Waals surface area contributed by atoms with Crippen molar-refractivity contribution in [1.82, 2.24) is 0 Å². The van der Waals surface area contributed by atoms with Crippen molar-refractivity contribution in [3.05, 3.63) is 89.5 Å². The van der Waals surface area contributed by atoms with Crippen LogP contribution in [0.5, 0.6) is 5.75 Å². The summed E-state index contributed by atoms with van der Waals surface area (Å²) in [5, 5.41) is 0. The third-order valence-corrected chi connectivity index (χ3v) is 4.26. The average Bonchev–Trinajstić information content (AvgIpc) is 2.89. The van der Waals surface area contributed by atoms with Gasteiger partial charge in [-0.05, 0) is 39.9 Å². The van der Waals surface area contributed by atoms with Crippen molar-refractivity contribution in [2.75, 3.05) is 7.11 Å². The molecular weight excluding hydrogens is 256 g/mol. The lowest BCUT2D eigenvalue weighted by molar-refractivity contribution is 0.414. The van der Waals surface area contributed by atoms with Gasteiger partial charge in [0.2, 0.25) is 0 Å². The molecule has 0 N–H and O–H groups in total. The van der Waals surface area contributed by atoms with Gasteiger partial charge in [0.15, 0.2) is 0 Å². The minimum Gasteiger partial charge on any atom is -0.497 e. The van der Waals surface area contributed by atoms with Crippen molar-refractivity contribution < 1.29 is 4.74 Å². The highest BCUT2D eigenvalue weighted by atomic mass is 16.5. The van der Waals surface area contributed by atoms with Gasteiger partial charge >= 0.3 is 0 Å². The quantitative estimate of drug-likeness (QED) is 0.506. The predicted octanol–water partition coefficient (Wildman–Crippen LogP) is 4.86. The molecule has 0 amide bonds.